The van der Waals surface area contributed by atoms with Crippen molar-refractivity contribution in [2.75, 3.05) is 7.05 Å². The van der Waals surface area contributed by atoms with Crippen LogP contribution in [0.2, 0.25) is 0 Å². The molecule has 1 atom stereocenters. The molecule has 9 heavy (non-hydrogen) atoms. The minimum absolute atomic E-state index is 0.525. The molecule has 1 N–H and O–H groups in total. The molecule has 1 aliphatic rings. The summed E-state index contributed by atoms with van der Waals surface area (Å²) in [6.45, 7) is 6.08. The molecule has 0 amide bonds. The molecule has 0 bridgehead atoms. The van der Waals surface area contributed by atoms with Crippen molar-refractivity contribution < 1.29 is 0 Å². The quantitative estimate of drug-likeness (QED) is 0.564. The molecule has 1 nitrogen and oxygen atoms in total. The van der Waals surface area contributed by atoms with Crippen molar-refractivity contribution in [3.05, 3.63) is 12.7 Å². The van der Waals surface area contributed by atoms with Gasteiger partial charge in [-0.15, -0.1) is 6.58 Å². The van der Waals surface area contributed by atoms with Gasteiger partial charge in [-0.1, -0.05) is 13.0 Å². The first kappa shape index (κ1) is 6.81. The largest absolute Gasteiger partial charge is 0.313 e. The molecule has 1 rings (SSSR count). The zero-order chi connectivity index (χ0) is 6.91. The molecule has 0 aromatic carbocycles. The Labute approximate surface area is 57.1 Å². The Morgan fingerprint density at radius 3 is 2.33 bits per heavy atom. The van der Waals surface area contributed by atoms with Crippen LogP contribution in [0, 0.1) is 5.41 Å². The topological polar surface area (TPSA) is 12.0 Å². The summed E-state index contributed by atoms with van der Waals surface area (Å²) < 4.78 is 0. The van der Waals surface area contributed by atoms with E-state index in [0.29, 0.717) is 11.5 Å². The Morgan fingerprint density at radius 2 is 2.22 bits per heavy atom. The maximum atomic E-state index is 3.78. The fourth-order valence-corrected chi connectivity index (χ4v) is 1.26. The van der Waals surface area contributed by atoms with Gasteiger partial charge in [-0.05, 0) is 25.3 Å². The summed E-state index contributed by atoms with van der Waals surface area (Å²) in [5.41, 5.74) is 0.538. The summed E-state index contributed by atoms with van der Waals surface area (Å²) >= 11 is 0. The van der Waals surface area contributed by atoms with Crippen molar-refractivity contribution in [1.82, 2.24) is 5.32 Å². The van der Waals surface area contributed by atoms with Gasteiger partial charge in [0.1, 0.15) is 0 Å². The lowest BCUT2D eigenvalue weighted by molar-refractivity contribution is 0.444. The van der Waals surface area contributed by atoms with Crippen molar-refractivity contribution in [3.63, 3.8) is 0 Å². The Kier molecular flexibility index (Phi) is 1.62. The molecule has 0 spiro atoms. The SMILES string of the molecule is C=CC(NC)C1(C)CC1. The minimum Gasteiger partial charge on any atom is -0.313 e. The molecule has 1 aliphatic carbocycles. The van der Waals surface area contributed by atoms with Gasteiger partial charge in [0.15, 0.2) is 0 Å². The predicted octanol–water partition coefficient (Wildman–Crippen LogP) is 1.56. The fourth-order valence-electron chi connectivity index (χ4n) is 1.26. The predicted molar refractivity (Wildman–Crippen MR) is 40.4 cm³/mol. The van der Waals surface area contributed by atoms with E-state index >= 15 is 0 Å². The van der Waals surface area contributed by atoms with Gasteiger partial charge in [-0.25, -0.2) is 0 Å². The number of hydrogen-bond donors (Lipinski definition) is 1. The lowest BCUT2D eigenvalue weighted by Crippen LogP contribution is -2.30. The molecule has 0 saturated heterocycles. The highest BCUT2D eigenvalue weighted by Crippen LogP contribution is 2.48. The van der Waals surface area contributed by atoms with Crippen LogP contribution in [0.25, 0.3) is 0 Å². The third-order valence-corrected chi connectivity index (χ3v) is 2.34. The maximum Gasteiger partial charge on any atom is 0.0298 e. The van der Waals surface area contributed by atoms with Gasteiger partial charge in [0.2, 0.25) is 0 Å². The zero-order valence-electron chi connectivity index (χ0n) is 6.28. The average molecular weight is 125 g/mol. The van der Waals surface area contributed by atoms with Crippen LogP contribution in [0.3, 0.4) is 0 Å². The first-order valence-corrected chi connectivity index (χ1v) is 3.53. The van der Waals surface area contributed by atoms with E-state index in [1.165, 1.54) is 12.8 Å². The molecule has 1 unspecified atom stereocenters. The third-order valence-electron chi connectivity index (χ3n) is 2.34. The number of hydrogen-bond acceptors (Lipinski definition) is 1. The molecule has 0 aromatic heterocycles. The summed E-state index contributed by atoms with van der Waals surface area (Å²) in [6.07, 6.45) is 4.71. The van der Waals surface area contributed by atoms with Crippen LogP contribution in [0.5, 0.6) is 0 Å². The van der Waals surface area contributed by atoms with Crippen LogP contribution in [0.1, 0.15) is 19.8 Å². The third kappa shape index (κ3) is 1.16. The highest BCUT2D eigenvalue weighted by Gasteiger charge is 2.42. The van der Waals surface area contributed by atoms with Crippen molar-refractivity contribution in [3.8, 4) is 0 Å². The first-order chi connectivity index (χ1) is 4.23. The zero-order valence-corrected chi connectivity index (χ0v) is 6.28. The molecule has 1 saturated carbocycles. The van der Waals surface area contributed by atoms with Crippen molar-refractivity contribution >= 4 is 0 Å². The lowest BCUT2D eigenvalue weighted by Gasteiger charge is -2.17. The summed E-state index contributed by atoms with van der Waals surface area (Å²) in [7, 11) is 2.00. The highest BCUT2D eigenvalue weighted by atomic mass is 14.9. The van der Waals surface area contributed by atoms with Crippen LogP contribution in [-0.2, 0) is 0 Å². The van der Waals surface area contributed by atoms with Crippen LogP contribution in [0.15, 0.2) is 12.7 Å². The smallest absolute Gasteiger partial charge is 0.0298 e. The van der Waals surface area contributed by atoms with E-state index in [9.17, 15) is 0 Å². The molecule has 0 heterocycles. The molecule has 0 radical (unpaired) electrons. The van der Waals surface area contributed by atoms with E-state index < -0.39 is 0 Å². The van der Waals surface area contributed by atoms with Gasteiger partial charge in [0.25, 0.3) is 0 Å². The first-order valence-electron chi connectivity index (χ1n) is 3.53. The van der Waals surface area contributed by atoms with E-state index in [2.05, 4.69) is 18.8 Å². The van der Waals surface area contributed by atoms with Gasteiger partial charge in [-0.3, -0.25) is 0 Å². The van der Waals surface area contributed by atoms with Crippen molar-refractivity contribution in [2.24, 2.45) is 5.41 Å². The average Bonchev–Trinajstić information content (AvgIpc) is 2.52. The summed E-state index contributed by atoms with van der Waals surface area (Å²) in [6, 6.07) is 0.525. The monoisotopic (exact) mass is 125 g/mol. The van der Waals surface area contributed by atoms with Crippen LogP contribution >= 0.6 is 0 Å². The maximum absolute atomic E-state index is 3.78. The van der Waals surface area contributed by atoms with E-state index in [0.717, 1.165) is 0 Å². The lowest BCUT2D eigenvalue weighted by atomic mass is 10.00. The summed E-state index contributed by atoms with van der Waals surface area (Å²) in [4.78, 5) is 0. The van der Waals surface area contributed by atoms with Crippen LogP contribution in [-0.4, -0.2) is 13.1 Å². The number of nitrogens with one attached hydrogen (secondary N) is 1. The standard InChI is InChI=1S/C8H15N/c1-4-7(9-3)8(2)5-6-8/h4,7,9H,1,5-6H2,2-3H3. The van der Waals surface area contributed by atoms with Crippen molar-refractivity contribution in [1.29, 1.82) is 0 Å². The molecular weight excluding hydrogens is 110 g/mol. The Bertz CT molecular complexity index is 114. The minimum atomic E-state index is 0.525. The molecule has 1 fully saturated rings. The Balaban J connectivity index is 2.46. The summed E-state index contributed by atoms with van der Waals surface area (Å²) in [5, 5.41) is 3.24. The summed E-state index contributed by atoms with van der Waals surface area (Å²) in [5.74, 6) is 0. The second-order valence-electron chi connectivity index (χ2n) is 3.16. The van der Waals surface area contributed by atoms with Gasteiger partial charge in [0.05, 0.1) is 0 Å². The van der Waals surface area contributed by atoms with E-state index in [4.69, 9.17) is 0 Å². The van der Waals surface area contributed by atoms with E-state index in [1.807, 2.05) is 13.1 Å². The Hall–Kier alpha value is -0.300. The number of rotatable bonds is 3. The highest BCUT2D eigenvalue weighted by molar-refractivity contribution is 5.05. The molecule has 0 aliphatic heterocycles. The molecular formula is C8H15N. The van der Waals surface area contributed by atoms with Gasteiger partial charge in [-0.2, -0.15) is 0 Å². The molecule has 52 valence electrons. The Morgan fingerprint density at radius 1 is 1.67 bits per heavy atom. The van der Waals surface area contributed by atoms with Crippen molar-refractivity contribution in [2.45, 2.75) is 25.8 Å². The second kappa shape index (κ2) is 2.14. The van der Waals surface area contributed by atoms with Gasteiger partial charge < -0.3 is 5.32 Å². The van der Waals surface area contributed by atoms with E-state index in [-0.39, 0.29) is 0 Å². The van der Waals surface area contributed by atoms with Gasteiger partial charge in [0, 0.05) is 6.04 Å². The molecule has 0 aromatic rings. The molecule has 1 heteroatoms. The van der Waals surface area contributed by atoms with Crippen LogP contribution in [0.4, 0.5) is 0 Å². The normalized spacial score (nSPS) is 25.1. The second-order valence-corrected chi connectivity index (χ2v) is 3.16. The number of likely N-dealkylation sites (N-methyl/N-ethyl adjacent to an activating group) is 1. The van der Waals surface area contributed by atoms with Gasteiger partial charge >= 0.3 is 0 Å². The fraction of sp³-hybridized carbons (Fsp3) is 0.750. The van der Waals surface area contributed by atoms with E-state index in [1.54, 1.807) is 0 Å². The van der Waals surface area contributed by atoms with Crippen LogP contribution < -0.4 is 5.32 Å².